The van der Waals surface area contributed by atoms with E-state index >= 15 is 0 Å². The first-order chi connectivity index (χ1) is 10.2. The lowest BCUT2D eigenvalue weighted by atomic mass is 10.1. The van der Waals surface area contributed by atoms with E-state index in [0.717, 1.165) is 18.7 Å². The van der Waals surface area contributed by atoms with E-state index in [-0.39, 0.29) is 0 Å². The van der Waals surface area contributed by atoms with Crippen LogP contribution in [0.3, 0.4) is 0 Å². The lowest BCUT2D eigenvalue weighted by molar-refractivity contribution is 0.106. The van der Waals surface area contributed by atoms with Crippen LogP contribution in [0.25, 0.3) is 0 Å². The molecule has 1 atom stereocenters. The standard InChI is InChI=1S/C18H23NO2/c1-15-7-9-16(10-8-15)11-12-19-13-17(20)14-21-18-5-3-2-4-6-18/h2-10,17,19-20H,11-14H2,1H3/t17-/m0/s1. The summed E-state index contributed by atoms with van der Waals surface area (Å²) in [5, 5.41) is 13.1. The van der Waals surface area contributed by atoms with E-state index in [0.29, 0.717) is 13.2 Å². The predicted molar refractivity (Wildman–Crippen MR) is 85.7 cm³/mol. The first-order valence-corrected chi connectivity index (χ1v) is 7.36. The number of aliphatic hydroxyl groups excluding tert-OH is 1. The topological polar surface area (TPSA) is 41.5 Å². The van der Waals surface area contributed by atoms with Crippen LogP contribution in [-0.4, -0.2) is 30.9 Å². The Morgan fingerprint density at radius 2 is 1.76 bits per heavy atom. The molecule has 2 rings (SSSR count). The summed E-state index contributed by atoms with van der Waals surface area (Å²) in [6, 6.07) is 18.1. The number of ether oxygens (including phenoxy) is 1. The summed E-state index contributed by atoms with van der Waals surface area (Å²) in [5.41, 5.74) is 2.59. The van der Waals surface area contributed by atoms with Crippen LogP contribution in [0.15, 0.2) is 54.6 Å². The zero-order chi connectivity index (χ0) is 14.9. The van der Waals surface area contributed by atoms with Gasteiger partial charge in [0.25, 0.3) is 0 Å². The van der Waals surface area contributed by atoms with Gasteiger partial charge in [0, 0.05) is 6.54 Å². The molecule has 0 fully saturated rings. The highest BCUT2D eigenvalue weighted by molar-refractivity contribution is 5.22. The van der Waals surface area contributed by atoms with Crippen molar-refractivity contribution in [3.63, 3.8) is 0 Å². The Hall–Kier alpha value is -1.84. The van der Waals surface area contributed by atoms with Gasteiger partial charge < -0.3 is 15.2 Å². The maximum absolute atomic E-state index is 9.86. The van der Waals surface area contributed by atoms with E-state index in [1.165, 1.54) is 11.1 Å². The Morgan fingerprint density at radius 3 is 2.48 bits per heavy atom. The number of benzene rings is 2. The fourth-order valence-corrected chi connectivity index (χ4v) is 2.02. The molecule has 0 amide bonds. The zero-order valence-electron chi connectivity index (χ0n) is 12.5. The summed E-state index contributed by atoms with van der Waals surface area (Å²) >= 11 is 0. The van der Waals surface area contributed by atoms with Crippen molar-refractivity contribution in [2.24, 2.45) is 0 Å². The number of nitrogens with one attached hydrogen (secondary N) is 1. The van der Waals surface area contributed by atoms with Gasteiger partial charge in [-0.1, -0.05) is 48.0 Å². The highest BCUT2D eigenvalue weighted by Crippen LogP contribution is 2.08. The van der Waals surface area contributed by atoms with Gasteiger partial charge in [0.15, 0.2) is 0 Å². The van der Waals surface area contributed by atoms with E-state index in [1.807, 2.05) is 30.3 Å². The molecule has 2 aromatic carbocycles. The lowest BCUT2D eigenvalue weighted by Crippen LogP contribution is -2.32. The largest absolute Gasteiger partial charge is 0.491 e. The van der Waals surface area contributed by atoms with E-state index < -0.39 is 6.10 Å². The summed E-state index contributed by atoms with van der Waals surface area (Å²) in [5.74, 6) is 0.788. The van der Waals surface area contributed by atoms with Crippen molar-refractivity contribution in [3.8, 4) is 5.75 Å². The van der Waals surface area contributed by atoms with Gasteiger partial charge >= 0.3 is 0 Å². The molecule has 0 saturated carbocycles. The van der Waals surface area contributed by atoms with Gasteiger partial charge in [-0.05, 0) is 37.6 Å². The molecule has 112 valence electrons. The third-order valence-corrected chi connectivity index (χ3v) is 3.28. The van der Waals surface area contributed by atoms with Gasteiger partial charge in [-0.25, -0.2) is 0 Å². The van der Waals surface area contributed by atoms with Gasteiger partial charge in [-0.2, -0.15) is 0 Å². The monoisotopic (exact) mass is 285 g/mol. The van der Waals surface area contributed by atoms with Crippen LogP contribution >= 0.6 is 0 Å². The summed E-state index contributed by atoms with van der Waals surface area (Å²) in [7, 11) is 0. The van der Waals surface area contributed by atoms with Crippen LogP contribution in [0.5, 0.6) is 5.75 Å². The second-order valence-electron chi connectivity index (χ2n) is 5.22. The minimum atomic E-state index is -0.497. The zero-order valence-corrected chi connectivity index (χ0v) is 12.5. The van der Waals surface area contributed by atoms with Crippen molar-refractivity contribution >= 4 is 0 Å². The van der Waals surface area contributed by atoms with E-state index in [4.69, 9.17) is 4.74 Å². The highest BCUT2D eigenvalue weighted by atomic mass is 16.5. The molecule has 0 heterocycles. The van der Waals surface area contributed by atoms with Crippen LogP contribution < -0.4 is 10.1 Å². The van der Waals surface area contributed by atoms with Gasteiger partial charge in [-0.3, -0.25) is 0 Å². The van der Waals surface area contributed by atoms with E-state index in [1.54, 1.807) is 0 Å². The van der Waals surface area contributed by atoms with Gasteiger partial charge in [0.05, 0.1) is 0 Å². The molecule has 0 bridgehead atoms. The Kier molecular flexibility index (Phi) is 6.25. The summed E-state index contributed by atoms with van der Waals surface area (Å²) in [4.78, 5) is 0. The first-order valence-electron chi connectivity index (χ1n) is 7.36. The molecular formula is C18H23NO2. The van der Waals surface area contributed by atoms with Crippen molar-refractivity contribution in [2.75, 3.05) is 19.7 Å². The molecular weight excluding hydrogens is 262 g/mol. The first kappa shape index (κ1) is 15.5. The van der Waals surface area contributed by atoms with Crippen molar-refractivity contribution in [1.82, 2.24) is 5.32 Å². The molecule has 2 N–H and O–H groups in total. The third-order valence-electron chi connectivity index (χ3n) is 3.28. The van der Waals surface area contributed by atoms with Gasteiger partial charge in [0.1, 0.15) is 18.5 Å². The number of hydrogen-bond acceptors (Lipinski definition) is 3. The molecule has 0 aromatic heterocycles. The second-order valence-corrected chi connectivity index (χ2v) is 5.22. The minimum Gasteiger partial charge on any atom is -0.491 e. The molecule has 0 radical (unpaired) electrons. The smallest absolute Gasteiger partial charge is 0.119 e. The maximum Gasteiger partial charge on any atom is 0.119 e. The molecule has 0 saturated heterocycles. The fourth-order valence-electron chi connectivity index (χ4n) is 2.02. The second kappa shape index (κ2) is 8.45. The molecule has 0 unspecified atom stereocenters. The SMILES string of the molecule is Cc1ccc(CCNC[C@H](O)COc2ccccc2)cc1. The average Bonchev–Trinajstić information content (AvgIpc) is 2.52. The van der Waals surface area contributed by atoms with Crippen LogP contribution in [0, 0.1) is 6.92 Å². The highest BCUT2D eigenvalue weighted by Gasteiger charge is 2.04. The number of rotatable bonds is 8. The number of hydrogen-bond donors (Lipinski definition) is 2. The van der Waals surface area contributed by atoms with Crippen LogP contribution in [0.4, 0.5) is 0 Å². The Bertz CT molecular complexity index is 511. The van der Waals surface area contributed by atoms with Crippen molar-refractivity contribution in [1.29, 1.82) is 0 Å². The predicted octanol–water partition coefficient (Wildman–Crippen LogP) is 2.57. The number of aliphatic hydroxyl groups is 1. The normalized spacial score (nSPS) is 12.1. The van der Waals surface area contributed by atoms with Crippen molar-refractivity contribution in [3.05, 3.63) is 65.7 Å². The Balaban J connectivity index is 1.59. The molecule has 3 heteroatoms. The molecule has 3 nitrogen and oxygen atoms in total. The van der Waals surface area contributed by atoms with E-state index in [9.17, 15) is 5.11 Å². The van der Waals surface area contributed by atoms with Crippen LogP contribution in [0.2, 0.25) is 0 Å². The minimum absolute atomic E-state index is 0.307. The maximum atomic E-state index is 9.86. The lowest BCUT2D eigenvalue weighted by Gasteiger charge is -2.13. The fraction of sp³-hybridized carbons (Fsp3) is 0.333. The Morgan fingerprint density at radius 1 is 1.05 bits per heavy atom. The van der Waals surface area contributed by atoms with Gasteiger partial charge in [-0.15, -0.1) is 0 Å². The third kappa shape index (κ3) is 5.98. The molecule has 0 spiro atoms. The Labute approximate surface area is 126 Å². The molecule has 0 aliphatic rings. The summed E-state index contributed by atoms with van der Waals surface area (Å²) in [6.07, 6.45) is 0.468. The quantitative estimate of drug-likeness (QED) is 0.733. The molecule has 21 heavy (non-hydrogen) atoms. The van der Waals surface area contributed by atoms with E-state index in [2.05, 4.69) is 36.5 Å². The number of aryl methyl sites for hydroxylation is 1. The van der Waals surface area contributed by atoms with Crippen LogP contribution in [0.1, 0.15) is 11.1 Å². The molecule has 2 aromatic rings. The van der Waals surface area contributed by atoms with Crippen molar-refractivity contribution < 1.29 is 9.84 Å². The van der Waals surface area contributed by atoms with Gasteiger partial charge in [0.2, 0.25) is 0 Å². The average molecular weight is 285 g/mol. The number of para-hydroxylation sites is 1. The summed E-state index contributed by atoms with van der Waals surface area (Å²) < 4.78 is 5.51. The van der Waals surface area contributed by atoms with Crippen molar-refractivity contribution in [2.45, 2.75) is 19.4 Å². The molecule has 0 aliphatic carbocycles. The molecule has 0 aliphatic heterocycles. The summed E-state index contributed by atoms with van der Waals surface area (Å²) in [6.45, 7) is 3.79. The van der Waals surface area contributed by atoms with Crippen LogP contribution in [-0.2, 0) is 6.42 Å².